The van der Waals surface area contributed by atoms with Gasteiger partial charge in [-0.2, -0.15) is 13.2 Å². The number of benzene rings is 1. The van der Waals surface area contributed by atoms with Crippen LogP contribution in [0, 0.1) is 5.92 Å². The molecule has 0 saturated carbocycles. The number of hydrogen-bond donors (Lipinski definition) is 0. The van der Waals surface area contributed by atoms with Gasteiger partial charge in [0.2, 0.25) is 5.91 Å². The van der Waals surface area contributed by atoms with E-state index in [0.29, 0.717) is 6.42 Å². The van der Waals surface area contributed by atoms with Crippen LogP contribution in [0.1, 0.15) is 25.3 Å². The van der Waals surface area contributed by atoms with Gasteiger partial charge in [0.25, 0.3) is 0 Å². The highest BCUT2D eigenvalue weighted by Crippen LogP contribution is 2.43. The Balaban J connectivity index is 2.05. The average molecular weight is 377 g/mol. The van der Waals surface area contributed by atoms with Crippen LogP contribution in [-0.2, 0) is 20.8 Å². The number of nitrogens with zero attached hydrogens (tertiary/aromatic N) is 1. The molecule has 2 aliphatic heterocycles. The highest BCUT2D eigenvalue weighted by Gasteiger charge is 2.50. The normalized spacial score (nSPS) is 25.3. The second-order valence-electron chi connectivity index (χ2n) is 6.40. The Hall–Kier alpha value is -1.77. The molecule has 2 saturated heterocycles. The topological polar surface area (TPSA) is 63.7 Å². The predicted octanol–water partition coefficient (Wildman–Crippen LogP) is 2.64. The summed E-state index contributed by atoms with van der Waals surface area (Å²) < 4.78 is 68.5. The molecule has 0 spiro atoms. The minimum atomic E-state index is -4.57. The molecule has 25 heavy (non-hydrogen) atoms. The van der Waals surface area contributed by atoms with Crippen molar-refractivity contribution in [3.63, 3.8) is 0 Å². The molecule has 0 aliphatic carbocycles. The third-order valence-electron chi connectivity index (χ3n) is 4.48. The molecular formula is C16H18F3NO4S. The van der Waals surface area contributed by atoms with Gasteiger partial charge < -0.3 is 9.64 Å². The van der Waals surface area contributed by atoms with Gasteiger partial charge in [0.15, 0.2) is 9.84 Å². The number of carbonyl (C=O) groups excluding carboxylic acids is 1. The summed E-state index contributed by atoms with van der Waals surface area (Å²) in [6.45, 7) is 2.14. The van der Waals surface area contributed by atoms with E-state index in [4.69, 9.17) is 4.74 Å². The lowest BCUT2D eigenvalue weighted by atomic mass is 10.0. The van der Waals surface area contributed by atoms with E-state index >= 15 is 0 Å². The first-order valence-corrected chi connectivity index (χ1v) is 9.81. The molecule has 2 unspecified atom stereocenters. The largest absolute Gasteiger partial charge is 0.491 e. The fraction of sp³-hybridized carbons (Fsp3) is 0.562. The molecule has 1 aromatic carbocycles. The van der Waals surface area contributed by atoms with Crippen LogP contribution < -0.4 is 9.64 Å². The lowest BCUT2D eigenvalue weighted by molar-refractivity contribution is -0.137. The summed E-state index contributed by atoms with van der Waals surface area (Å²) in [7, 11) is -3.30. The maximum absolute atomic E-state index is 13.1. The molecule has 0 N–H and O–H groups in total. The highest BCUT2D eigenvalue weighted by atomic mass is 32.2. The molecule has 0 aromatic heterocycles. The van der Waals surface area contributed by atoms with Gasteiger partial charge >= 0.3 is 6.18 Å². The van der Waals surface area contributed by atoms with Gasteiger partial charge in [-0.25, -0.2) is 8.42 Å². The molecule has 1 amide bonds. The number of amides is 1. The molecule has 2 atom stereocenters. The van der Waals surface area contributed by atoms with Gasteiger partial charge in [-0.15, -0.1) is 0 Å². The second-order valence-corrected chi connectivity index (χ2v) is 8.55. The van der Waals surface area contributed by atoms with E-state index in [2.05, 4.69) is 0 Å². The van der Waals surface area contributed by atoms with Crippen LogP contribution in [0.4, 0.5) is 18.9 Å². The van der Waals surface area contributed by atoms with Crippen LogP contribution in [0.25, 0.3) is 0 Å². The van der Waals surface area contributed by atoms with Gasteiger partial charge in [0.05, 0.1) is 35.4 Å². The minimum absolute atomic E-state index is 0.00197. The van der Waals surface area contributed by atoms with E-state index < -0.39 is 27.6 Å². The van der Waals surface area contributed by atoms with Gasteiger partial charge in [-0.05, 0) is 24.6 Å². The Morgan fingerprint density at radius 2 is 2.00 bits per heavy atom. The monoisotopic (exact) mass is 377 g/mol. The average Bonchev–Trinajstić information content (AvgIpc) is 2.94. The van der Waals surface area contributed by atoms with E-state index in [1.165, 1.54) is 11.0 Å². The van der Waals surface area contributed by atoms with Gasteiger partial charge in [-0.1, -0.05) is 6.92 Å². The number of hydrogen-bond acceptors (Lipinski definition) is 4. The summed E-state index contributed by atoms with van der Waals surface area (Å²) in [6.07, 6.45) is -3.90. The standard InChI is InChI=1S/C16H18F3NO4S/c1-2-5-24-14-4-3-11(16(17,18)19)7-12(14)20-13-9-25(22,23)8-10(13)6-15(20)21/h3-4,7,10,13H,2,5-6,8-9H2,1H3. The zero-order chi connectivity index (χ0) is 18.4. The Morgan fingerprint density at radius 1 is 1.28 bits per heavy atom. The smallest absolute Gasteiger partial charge is 0.416 e. The van der Waals surface area contributed by atoms with Gasteiger partial charge in [-0.3, -0.25) is 4.79 Å². The van der Waals surface area contributed by atoms with Crippen molar-refractivity contribution < 1.29 is 31.1 Å². The van der Waals surface area contributed by atoms with Crippen molar-refractivity contribution in [2.24, 2.45) is 5.92 Å². The van der Waals surface area contributed by atoms with E-state index in [9.17, 15) is 26.4 Å². The number of alkyl halides is 3. The minimum Gasteiger partial charge on any atom is -0.491 e. The van der Waals surface area contributed by atoms with Crippen molar-refractivity contribution in [2.75, 3.05) is 23.0 Å². The Morgan fingerprint density at radius 3 is 2.64 bits per heavy atom. The SMILES string of the molecule is CCCOc1ccc(C(F)(F)F)cc1N1C(=O)CC2CS(=O)(=O)CC21. The fourth-order valence-corrected chi connectivity index (χ4v) is 5.49. The molecule has 9 heteroatoms. The highest BCUT2D eigenvalue weighted by molar-refractivity contribution is 7.91. The maximum Gasteiger partial charge on any atom is 0.416 e. The maximum atomic E-state index is 13.1. The zero-order valence-electron chi connectivity index (χ0n) is 13.5. The zero-order valence-corrected chi connectivity index (χ0v) is 14.4. The molecule has 3 rings (SSSR count). The summed E-state index contributed by atoms with van der Waals surface area (Å²) in [6, 6.07) is 2.33. The number of ether oxygens (including phenoxy) is 1. The molecule has 1 aromatic rings. The predicted molar refractivity (Wildman–Crippen MR) is 85.3 cm³/mol. The number of rotatable bonds is 4. The summed E-state index contributed by atoms with van der Waals surface area (Å²) in [5, 5.41) is 0. The summed E-state index contributed by atoms with van der Waals surface area (Å²) in [5.41, 5.74) is -0.902. The van der Waals surface area contributed by atoms with E-state index in [1.54, 1.807) is 0 Å². The van der Waals surface area contributed by atoms with E-state index in [0.717, 1.165) is 12.1 Å². The van der Waals surface area contributed by atoms with Gasteiger partial charge in [0.1, 0.15) is 5.75 Å². The number of halogens is 3. The van der Waals surface area contributed by atoms with Crippen molar-refractivity contribution >= 4 is 21.4 Å². The number of anilines is 1. The lowest BCUT2D eigenvalue weighted by Gasteiger charge is -2.26. The fourth-order valence-electron chi connectivity index (χ4n) is 3.42. The third-order valence-corrected chi connectivity index (χ3v) is 6.27. The molecule has 2 fully saturated rings. The Kier molecular flexibility index (Phi) is 4.47. The molecule has 0 bridgehead atoms. The number of carbonyl (C=O) groups is 1. The van der Waals surface area contributed by atoms with E-state index in [-0.39, 0.29) is 47.8 Å². The van der Waals surface area contributed by atoms with Crippen LogP contribution in [0.5, 0.6) is 5.75 Å². The molecule has 2 heterocycles. The van der Waals surface area contributed by atoms with Crippen LogP contribution >= 0.6 is 0 Å². The summed E-state index contributed by atoms with van der Waals surface area (Å²) in [4.78, 5) is 13.6. The first-order chi connectivity index (χ1) is 11.6. The van der Waals surface area contributed by atoms with E-state index in [1.807, 2.05) is 6.92 Å². The number of fused-ring (bicyclic) bond motifs is 1. The quantitative estimate of drug-likeness (QED) is 0.809. The Labute approximate surface area is 143 Å². The molecular weight excluding hydrogens is 359 g/mol. The Bertz CT molecular complexity index is 791. The molecule has 2 aliphatic rings. The first kappa shape index (κ1) is 18.0. The van der Waals surface area contributed by atoms with Crippen molar-refractivity contribution in [3.05, 3.63) is 23.8 Å². The second kappa shape index (κ2) is 6.19. The molecule has 0 radical (unpaired) electrons. The van der Waals surface area contributed by atoms with Crippen LogP contribution in [0.15, 0.2) is 18.2 Å². The van der Waals surface area contributed by atoms with Crippen molar-refractivity contribution in [2.45, 2.75) is 32.0 Å². The first-order valence-electron chi connectivity index (χ1n) is 7.99. The summed E-state index contributed by atoms with van der Waals surface area (Å²) >= 11 is 0. The van der Waals surface area contributed by atoms with Crippen LogP contribution in [0.2, 0.25) is 0 Å². The number of sulfone groups is 1. The van der Waals surface area contributed by atoms with Crippen LogP contribution in [0.3, 0.4) is 0 Å². The third kappa shape index (κ3) is 3.47. The summed E-state index contributed by atoms with van der Waals surface area (Å²) in [5.74, 6) is -0.929. The molecule has 5 nitrogen and oxygen atoms in total. The van der Waals surface area contributed by atoms with Crippen LogP contribution in [-0.4, -0.2) is 38.5 Å². The van der Waals surface area contributed by atoms with Crippen molar-refractivity contribution in [1.29, 1.82) is 0 Å². The molecule has 138 valence electrons. The lowest BCUT2D eigenvalue weighted by Crippen LogP contribution is -2.36. The van der Waals surface area contributed by atoms with Gasteiger partial charge in [0, 0.05) is 12.3 Å². The van der Waals surface area contributed by atoms with Crippen molar-refractivity contribution in [1.82, 2.24) is 0 Å². The van der Waals surface area contributed by atoms with Crippen molar-refractivity contribution in [3.8, 4) is 5.75 Å².